The molecule has 25 heavy (non-hydrogen) atoms. The lowest BCUT2D eigenvalue weighted by molar-refractivity contribution is -0.130. The van der Waals surface area contributed by atoms with Crippen molar-refractivity contribution in [1.82, 2.24) is 14.7 Å². The highest BCUT2D eigenvalue weighted by molar-refractivity contribution is 5.73. The Morgan fingerprint density at radius 3 is 2.60 bits per heavy atom. The molecule has 1 aromatic rings. The summed E-state index contributed by atoms with van der Waals surface area (Å²) in [6.07, 6.45) is 2.91. The van der Waals surface area contributed by atoms with Crippen LogP contribution >= 0.6 is 0 Å². The molecule has 0 aliphatic carbocycles. The molecule has 0 radical (unpaired) electrons. The van der Waals surface area contributed by atoms with E-state index < -0.39 is 0 Å². The Balaban J connectivity index is 1.56. The molecule has 2 fully saturated rings. The maximum absolute atomic E-state index is 11.5. The highest BCUT2D eigenvalue weighted by Gasteiger charge is 2.32. The van der Waals surface area contributed by atoms with Crippen molar-refractivity contribution >= 4 is 5.91 Å². The monoisotopic (exact) mass is 349 g/mol. The van der Waals surface area contributed by atoms with Gasteiger partial charge in [-0.15, -0.1) is 0 Å². The molecule has 6 heteroatoms. The SMILES string of the molecule is CC(=O)N1CCC(N2CCN(Cc3ccc(C)o3)[C@H](CCO)C2)CC1. The van der Waals surface area contributed by atoms with Crippen molar-refractivity contribution < 1.29 is 14.3 Å². The number of piperazine rings is 1. The van der Waals surface area contributed by atoms with E-state index in [1.54, 1.807) is 6.92 Å². The molecule has 0 unspecified atom stereocenters. The molecule has 0 aromatic carbocycles. The van der Waals surface area contributed by atoms with Gasteiger partial charge in [0.05, 0.1) is 6.54 Å². The number of carbonyl (C=O) groups excluding carboxylic acids is 1. The van der Waals surface area contributed by atoms with Gasteiger partial charge in [0, 0.05) is 58.3 Å². The minimum Gasteiger partial charge on any atom is -0.465 e. The van der Waals surface area contributed by atoms with Gasteiger partial charge in [-0.2, -0.15) is 0 Å². The fourth-order valence-corrected chi connectivity index (χ4v) is 4.20. The lowest BCUT2D eigenvalue weighted by Crippen LogP contribution is -2.57. The van der Waals surface area contributed by atoms with Crippen LogP contribution in [0.3, 0.4) is 0 Å². The third kappa shape index (κ3) is 4.63. The van der Waals surface area contributed by atoms with E-state index in [1.807, 2.05) is 17.9 Å². The molecular formula is C19H31N3O3. The molecule has 2 aliphatic heterocycles. The van der Waals surface area contributed by atoms with Crippen molar-refractivity contribution in [3.05, 3.63) is 23.7 Å². The van der Waals surface area contributed by atoms with E-state index in [0.717, 1.165) is 70.1 Å². The average molecular weight is 349 g/mol. The molecule has 0 bridgehead atoms. The van der Waals surface area contributed by atoms with Crippen molar-refractivity contribution in [2.45, 2.75) is 51.7 Å². The molecule has 6 nitrogen and oxygen atoms in total. The van der Waals surface area contributed by atoms with Crippen LogP contribution in [0.4, 0.5) is 0 Å². The number of furan rings is 1. The first-order chi connectivity index (χ1) is 12.1. The van der Waals surface area contributed by atoms with Crippen LogP contribution in [-0.4, -0.2) is 77.1 Å². The summed E-state index contributed by atoms with van der Waals surface area (Å²) in [5.41, 5.74) is 0. The number of aliphatic hydroxyl groups excluding tert-OH is 1. The van der Waals surface area contributed by atoms with Gasteiger partial charge in [0.1, 0.15) is 11.5 Å². The molecule has 3 rings (SSSR count). The number of piperidine rings is 1. The summed E-state index contributed by atoms with van der Waals surface area (Å²) in [4.78, 5) is 18.5. The van der Waals surface area contributed by atoms with Crippen LogP contribution in [0, 0.1) is 6.92 Å². The fraction of sp³-hybridized carbons (Fsp3) is 0.737. The van der Waals surface area contributed by atoms with Crippen LogP contribution in [0.2, 0.25) is 0 Å². The van der Waals surface area contributed by atoms with E-state index in [1.165, 1.54) is 0 Å². The van der Waals surface area contributed by atoms with Crippen LogP contribution in [0.25, 0.3) is 0 Å². The van der Waals surface area contributed by atoms with E-state index in [2.05, 4.69) is 15.9 Å². The number of nitrogens with zero attached hydrogens (tertiary/aromatic N) is 3. The zero-order valence-corrected chi connectivity index (χ0v) is 15.5. The highest BCUT2D eigenvalue weighted by Crippen LogP contribution is 2.23. The van der Waals surface area contributed by atoms with Gasteiger partial charge in [-0.3, -0.25) is 14.6 Å². The second-order valence-electron chi connectivity index (χ2n) is 7.38. The van der Waals surface area contributed by atoms with E-state index in [4.69, 9.17) is 4.42 Å². The van der Waals surface area contributed by atoms with Crippen LogP contribution in [0.5, 0.6) is 0 Å². The maximum Gasteiger partial charge on any atom is 0.219 e. The Hall–Kier alpha value is -1.37. The summed E-state index contributed by atoms with van der Waals surface area (Å²) in [5.74, 6) is 2.14. The Bertz CT molecular complexity index is 566. The summed E-state index contributed by atoms with van der Waals surface area (Å²) >= 11 is 0. The molecular weight excluding hydrogens is 318 g/mol. The molecule has 2 aliphatic rings. The first kappa shape index (κ1) is 18.4. The summed E-state index contributed by atoms with van der Waals surface area (Å²) in [6, 6.07) is 4.98. The number of likely N-dealkylation sites (tertiary alicyclic amines) is 1. The average Bonchev–Trinajstić information content (AvgIpc) is 3.02. The molecule has 1 atom stereocenters. The fourth-order valence-electron chi connectivity index (χ4n) is 4.20. The number of hydrogen-bond acceptors (Lipinski definition) is 5. The summed E-state index contributed by atoms with van der Waals surface area (Å²) in [5, 5.41) is 9.49. The van der Waals surface area contributed by atoms with Gasteiger partial charge in [-0.25, -0.2) is 0 Å². The quantitative estimate of drug-likeness (QED) is 0.872. The summed E-state index contributed by atoms with van der Waals surface area (Å²) in [7, 11) is 0. The molecule has 1 N–H and O–H groups in total. The smallest absolute Gasteiger partial charge is 0.219 e. The summed E-state index contributed by atoms with van der Waals surface area (Å²) in [6.45, 7) is 9.44. The zero-order chi connectivity index (χ0) is 17.8. The van der Waals surface area contributed by atoms with Crippen molar-refractivity contribution in [2.75, 3.05) is 39.3 Å². The molecule has 0 saturated carbocycles. The lowest BCUT2D eigenvalue weighted by Gasteiger charge is -2.46. The van der Waals surface area contributed by atoms with Crippen LogP contribution in [0.15, 0.2) is 16.5 Å². The minimum atomic E-state index is 0.190. The Morgan fingerprint density at radius 2 is 2.00 bits per heavy atom. The number of hydrogen-bond donors (Lipinski definition) is 1. The van der Waals surface area contributed by atoms with Crippen molar-refractivity contribution in [3.8, 4) is 0 Å². The largest absolute Gasteiger partial charge is 0.465 e. The first-order valence-electron chi connectivity index (χ1n) is 9.46. The Morgan fingerprint density at radius 1 is 1.24 bits per heavy atom. The lowest BCUT2D eigenvalue weighted by atomic mass is 9.99. The highest BCUT2D eigenvalue weighted by atomic mass is 16.3. The standard InChI is InChI=1S/C19H31N3O3/c1-15-3-4-19(25-15)14-22-11-10-21(13-18(22)7-12-23)17-5-8-20(9-6-17)16(2)24/h3-4,17-18,23H,5-14H2,1-2H3/t18-/m1/s1. The third-order valence-corrected chi connectivity index (χ3v) is 5.68. The van der Waals surface area contributed by atoms with Crippen molar-refractivity contribution in [3.63, 3.8) is 0 Å². The minimum absolute atomic E-state index is 0.190. The second-order valence-corrected chi connectivity index (χ2v) is 7.38. The van der Waals surface area contributed by atoms with E-state index in [9.17, 15) is 9.90 Å². The van der Waals surface area contributed by atoms with Gasteiger partial charge >= 0.3 is 0 Å². The summed E-state index contributed by atoms with van der Waals surface area (Å²) < 4.78 is 5.73. The molecule has 140 valence electrons. The molecule has 2 saturated heterocycles. The molecule has 0 spiro atoms. The van der Waals surface area contributed by atoms with Gasteiger partial charge in [0.2, 0.25) is 5.91 Å². The van der Waals surface area contributed by atoms with Crippen LogP contribution in [0.1, 0.15) is 37.7 Å². The topological polar surface area (TPSA) is 60.2 Å². The number of carbonyl (C=O) groups is 1. The molecule has 1 amide bonds. The van der Waals surface area contributed by atoms with Gasteiger partial charge < -0.3 is 14.4 Å². The normalized spacial score (nSPS) is 24.0. The third-order valence-electron chi connectivity index (χ3n) is 5.68. The number of aliphatic hydroxyl groups is 1. The van der Waals surface area contributed by atoms with E-state index >= 15 is 0 Å². The van der Waals surface area contributed by atoms with Crippen LogP contribution in [-0.2, 0) is 11.3 Å². The van der Waals surface area contributed by atoms with Crippen molar-refractivity contribution in [2.24, 2.45) is 0 Å². The van der Waals surface area contributed by atoms with Gasteiger partial charge in [0.25, 0.3) is 0 Å². The van der Waals surface area contributed by atoms with Gasteiger partial charge in [0.15, 0.2) is 0 Å². The number of aryl methyl sites for hydroxylation is 1. The maximum atomic E-state index is 11.5. The van der Waals surface area contributed by atoms with Gasteiger partial charge in [-0.1, -0.05) is 0 Å². The number of amides is 1. The Kier molecular flexibility index (Phi) is 6.15. The zero-order valence-electron chi connectivity index (χ0n) is 15.5. The second kappa shape index (κ2) is 8.34. The Labute approximate surface area is 150 Å². The van der Waals surface area contributed by atoms with E-state index in [-0.39, 0.29) is 12.5 Å². The predicted molar refractivity (Wildman–Crippen MR) is 96.2 cm³/mol. The van der Waals surface area contributed by atoms with Gasteiger partial charge in [-0.05, 0) is 38.3 Å². The predicted octanol–water partition coefficient (Wildman–Crippen LogP) is 1.47. The number of rotatable bonds is 5. The van der Waals surface area contributed by atoms with E-state index in [0.29, 0.717) is 12.1 Å². The molecule has 3 heterocycles. The van der Waals surface area contributed by atoms with Crippen LogP contribution < -0.4 is 0 Å². The van der Waals surface area contributed by atoms with Crippen molar-refractivity contribution in [1.29, 1.82) is 0 Å². The first-order valence-corrected chi connectivity index (χ1v) is 9.46. The molecule has 1 aromatic heterocycles.